The zero-order chi connectivity index (χ0) is 21.7. The van der Waals surface area contributed by atoms with Crippen LogP contribution in [0.5, 0.6) is 0 Å². The van der Waals surface area contributed by atoms with E-state index in [0.717, 1.165) is 32.5 Å². The third-order valence-electron chi connectivity index (χ3n) is 5.03. The maximum atomic E-state index is 12.6. The highest BCUT2D eigenvalue weighted by Gasteiger charge is 2.16. The highest BCUT2D eigenvalue weighted by Crippen LogP contribution is 2.30. The van der Waals surface area contributed by atoms with E-state index in [1.807, 2.05) is 22.6 Å². The van der Waals surface area contributed by atoms with Crippen LogP contribution in [0.15, 0.2) is 41.6 Å². The van der Waals surface area contributed by atoms with Gasteiger partial charge in [-0.15, -0.1) is 10.2 Å². The van der Waals surface area contributed by atoms with Gasteiger partial charge in [-0.2, -0.15) is 0 Å². The molecule has 0 saturated heterocycles. The van der Waals surface area contributed by atoms with Gasteiger partial charge in [0.05, 0.1) is 21.5 Å². The second-order valence-electron chi connectivity index (χ2n) is 7.45. The fourth-order valence-electron chi connectivity index (χ4n) is 3.74. The second kappa shape index (κ2) is 7.78. The van der Waals surface area contributed by atoms with Crippen LogP contribution in [-0.4, -0.2) is 31.2 Å². The van der Waals surface area contributed by atoms with E-state index in [4.69, 9.17) is 11.6 Å². The average Bonchev–Trinajstić information content (AvgIpc) is 3.29. The van der Waals surface area contributed by atoms with Crippen LogP contribution in [-0.2, 0) is 4.79 Å². The molecule has 0 aliphatic heterocycles. The minimum absolute atomic E-state index is 0.143. The maximum absolute atomic E-state index is 12.6. The van der Waals surface area contributed by atoms with Crippen molar-refractivity contribution in [2.24, 2.45) is 0 Å². The largest absolute Gasteiger partial charge is 0.301 e. The van der Waals surface area contributed by atoms with Gasteiger partial charge in [0.25, 0.3) is 0 Å². The van der Waals surface area contributed by atoms with Crippen molar-refractivity contribution in [1.82, 2.24) is 19.6 Å². The zero-order valence-corrected chi connectivity index (χ0v) is 19.5. The van der Waals surface area contributed by atoms with E-state index in [1.54, 1.807) is 6.07 Å². The van der Waals surface area contributed by atoms with Gasteiger partial charge in [0.15, 0.2) is 15.9 Å². The van der Waals surface area contributed by atoms with E-state index in [1.165, 1.54) is 34.0 Å². The number of thiazole rings is 1. The molecule has 5 aromatic rings. The van der Waals surface area contributed by atoms with Crippen molar-refractivity contribution in [2.45, 2.75) is 25.9 Å². The number of carbonyl (C=O) groups is 1. The van der Waals surface area contributed by atoms with E-state index in [-0.39, 0.29) is 11.7 Å². The van der Waals surface area contributed by atoms with E-state index < -0.39 is 0 Å². The molecule has 6 nitrogen and oxygen atoms in total. The molecule has 3 aromatic heterocycles. The molecular formula is C22H18ClN5OS2. The number of thioether (sulfide) groups is 1. The third-order valence-corrected chi connectivity index (χ3v) is 7.12. The normalized spacial score (nSPS) is 11.6. The van der Waals surface area contributed by atoms with Crippen molar-refractivity contribution in [2.75, 3.05) is 11.1 Å². The predicted octanol–water partition coefficient (Wildman–Crippen LogP) is 5.80. The van der Waals surface area contributed by atoms with Gasteiger partial charge in [-0.25, -0.2) is 4.98 Å². The van der Waals surface area contributed by atoms with Gasteiger partial charge >= 0.3 is 0 Å². The molecule has 9 heteroatoms. The Labute approximate surface area is 191 Å². The zero-order valence-electron chi connectivity index (χ0n) is 17.1. The predicted molar refractivity (Wildman–Crippen MR) is 129 cm³/mol. The Morgan fingerprint density at radius 3 is 2.81 bits per heavy atom. The van der Waals surface area contributed by atoms with Crippen LogP contribution < -0.4 is 5.32 Å². The van der Waals surface area contributed by atoms with E-state index in [9.17, 15) is 4.79 Å². The first-order valence-electron chi connectivity index (χ1n) is 9.63. The van der Waals surface area contributed by atoms with Crippen molar-refractivity contribution in [1.29, 1.82) is 0 Å². The average molecular weight is 468 g/mol. The number of benzene rings is 2. The van der Waals surface area contributed by atoms with Gasteiger partial charge in [-0.05, 0) is 62.2 Å². The number of anilines is 1. The lowest BCUT2D eigenvalue weighted by Crippen LogP contribution is -2.14. The summed E-state index contributed by atoms with van der Waals surface area (Å²) in [5.74, 6) is 0.0634. The van der Waals surface area contributed by atoms with Crippen molar-refractivity contribution in [3.63, 3.8) is 0 Å². The number of aromatic nitrogens is 4. The number of fused-ring (bicyclic) bond motifs is 4. The van der Waals surface area contributed by atoms with Crippen LogP contribution in [0.4, 0.5) is 5.13 Å². The number of amides is 1. The van der Waals surface area contributed by atoms with Crippen LogP contribution in [0.3, 0.4) is 0 Å². The summed E-state index contributed by atoms with van der Waals surface area (Å²) in [4.78, 5) is 17.0. The fraction of sp³-hybridized carbons (Fsp3) is 0.182. The van der Waals surface area contributed by atoms with Gasteiger partial charge in [-0.3, -0.25) is 9.20 Å². The summed E-state index contributed by atoms with van der Waals surface area (Å²) in [5.41, 5.74) is 6.20. The summed E-state index contributed by atoms with van der Waals surface area (Å²) < 4.78 is 2.97. The summed E-state index contributed by atoms with van der Waals surface area (Å²) in [6.07, 6.45) is 0. The molecule has 0 fully saturated rings. The van der Waals surface area contributed by atoms with Crippen LogP contribution in [0.1, 0.15) is 16.7 Å². The number of hydrogen-bond donors (Lipinski definition) is 1. The number of nitrogens with zero attached hydrogens (tertiary/aromatic N) is 4. The van der Waals surface area contributed by atoms with Gasteiger partial charge in [0.1, 0.15) is 0 Å². The first-order chi connectivity index (χ1) is 14.9. The molecule has 2 aromatic carbocycles. The van der Waals surface area contributed by atoms with Crippen molar-refractivity contribution in [3.8, 4) is 0 Å². The van der Waals surface area contributed by atoms with Crippen molar-refractivity contribution >= 4 is 72.5 Å². The molecule has 1 N–H and O–H groups in total. The molecular weight excluding hydrogens is 450 g/mol. The Bertz CT molecular complexity index is 1490. The van der Waals surface area contributed by atoms with Crippen LogP contribution in [0.25, 0.3) is 26.8 Å². The monoisotopic (exact) mass is 467 g/mol. The topological polar surface area (TPSA) is 72.2 Å². The van der Waals surface area contributed by atoms with E-state index in [0.29, 0.717) is 15.3 Å². The van der Waals surface area contributed by atoms with Gasteiger partial charge in [-0.1, -0.05) is 46.3 Å². The number of halogens is 1. The Morgan fingerprint density at radius 1 is 1.13 bits per heavy atom. The number of hydrogen-bond acceptors (Lipinski definition) is 6. The minimum Gasteiger partial charge on any atom is -0.301 e. The summed E-state index contributed by atoms with van der Waals surface area (Å²) in [6.45, 7) is 6.27. The molecule has 0 unspecified atom stereocenters. The minimum atomic E-state index is -0.143. The Balaban J connectivity index is 1.41. The third kappa shape index (κ3) is 3.75. The molecule has 0 atom stereocenters. The standard InChI is InChI=1S/C22H18ClN5OS2/c1-11-6-13(3)20-15(7-11)12(2)8-18-26-27-22(28(18)20)30-10-19(29)25-21-24-16-5-4-14(23)9-17(16)31-21/h4-9H,10H2,1-3H3,(H,24,25,29). The highest BCUT2D eigenvalue weighted by atomic mass is 35.5. The lowest BCUT2D eigenvalue weighted by atomic mass is 10.0. The Hall–Kier alpha value is -2.68. The molecule has 3 heterocycles. The quantitative estimate of drug-likeness (QED) is 0.338. The number of nitrogens with one attached hydrogen (secondary N) is 1. The molecule has 5 rings (SSSR count). The van der Waals surface area contributed by atoms with E-state index >= 15 is 0 Å². The molecule has 0 bridgehead atoms. The Morgan fingerprint density at radius 2 is 1.97 bits per heavy atom. The molecule has 0 aliphatic carbocycles. The highest BCUT2D eigenvalue weighted by molar-refractivity contribution is 7.99. The lowest BCUT2D eigenvalue weighted by molar-refractivity contribution is -0.113. The SMILES string of the molecule is Cc1cc(C)c2c(c1)c(C)cc1nnc(SCC(=O)Nc3nc4ccc(Cl)cc4s3)n12. The van der Waals surface area contributed by atoms with Gasteiger partial charge in [0.2, 0.25) is 5.91 Å². The van der Waals surface area contributed by atoms with Crippen molar-refractivity contribution in [3.05, 3.63) is 58.1 Å². The summed E-state index contributed by atoms with van der Waals surface area (Å²) in [7, 11) is 0. The number of pyridine rings is 1. The Kier molecular flexibility index (Phi) is 5.08. The summed E-state index contributed by atoms with van der Waals surface area (Å²) in [6, 6.07) is 11.8. The number of aryl methyl sites for hydroxylation is 3. The summed E-state index contributed by atoms with van der Waals surface area (Å²) >= 11 is 8.79. The number of carbonyl (C=O) groups excluding carboxylic acids is 1. The molecule has 0 spiro atoms. The van der Waals surface area contributed by atoms with Gasteiger partial charge < -0.3 is 5.32 Å². The first kappa shape index (κ1) is 20.2. The van der Waals surface area contributed by atoms with Crippen molar-refractivity contribution < 1.29 is 4.79 Å². The van der Waals surface area contributed by atoms with Crippen LogP contribution in [0.2, 0.25) is 5.02 Å². The molecule has 156 valence electrons. The lowest BCUT2D eigenvalue weighted by Gasteiger charge is -2.11. The maximum Gasteiger partial charge on any atom is 0.236 e. The number of rotatable bonds is 4. The molecule has 31 heavy (non-hydrogen) atoms. The molecule has 0 saturated carbocycles. The van der Waals surface area contributed by atoms with Gasteiger partial charge in [0, 0.05) is 10.4 Å². The molecule has 0 aliphatic rings. The second-order valence-corrected chi connectivity index (χ2v) is 9.86. The smallest absolute Gasteiger partial charge is 0.236 e. The molecule has 0 radical (unpaired) electrons. The fourth-order valence-corrected chi connectivity index (χ4v) is 5.65. The molecule has 1 amide bonds. The van der Waals surface area contributed by atoms with E-state index in [2.05, 4.69) is 53.4 Å². The summed E-state index contributed by atoms with van der Waals surface area (Å²) in [5, 5.41) is 14.6. The van der Waals surface area contributed by atoms with Crippen LogP contribution in [0, 0.1) is 20.8 Å². The van der Waals surface area contributed by atoms with Crippen LogP contribution >= 0.6 is 34.7 Å². The first-order valence-corrected chi connectivity index (χ1v) is 11.8.